The second-order valence-electron chi connectivity index (χ2n) is 4.32. The summed E-state index contributed by atoms with van der Waals surface area (Å²) in [5.74, 6) is -0.720. The Balaban J connectivity index is 2.04. The van der Waals surface area contributed by atoms with Crippen molar-refractivity contribution in [3.63, 3.8) is 0 Å². The summed E-state index contributed by atoms with van der Waals surface area (Å²) in [6.45, 7) is 0.735. The van der Waals surface area contributed by atoms with Crippen molar-refractivity contribution in [2.45, 2.75) is 6.42 Å². The Kier molecular flexibility index (Phi) is 3.89. The van der Waals surface area contributed by atoms with Gasteiger partial charge in [-0.25, -0.2) is 4.79 Å². The quantitative estimate of drug-likeness (QED) is 0.734. The summed E-state index contributed by atoms with van der Waals surface area (Å²) in [7, 11) is 0. The van der Waals surface area contributed by atoms with E-state index in [4.69, 9.17) is 5.73 Å². The van der Waals surface area contributed by atoms with Crippen molar-refractivity contribution in [2.75, 3.05) is 18.4 Å². The van der Waals surface area contributed by atoms with Crippen molar-refractivity contribution in [1.82, 2.24) is 9.88 Å². The average Bonchev–Trinajstić information content (AvgIpc) is 2.83. The number of pyridine rings is 1. The number of anilines is 1. The highest BCUT2D eigenvalue weighted by Crippen LogP contribution is 2.17. The first-order valence-electron chi connectivity index (χ1n) is 5.71. The third-order valence-corrected chi connectivity index (χ3v) is 3.45. The number of nitrogens with two attached hydrogens (primary N) is 1. The van der Waals surface area contributed by atoms with Crippen LogP contribution >= 0.6 is 15.9 Å². The molecule has 2 heterocycles. The smallest absolute Gasteiger partial charge is 0.322 e. The Hall–Kier alpha value is -1.83. The van der Waals surface area contributed by atoms with Crippen molar-refractivity contribution in [3.05, 3.63) is 27.1 Å². The number of likely N-dealkylation sites (tertiary alicyclic amines) is 1. The van der Waals surface area contributed by atoms with Gasteiger partial charge in [0.05, 0.1) is 5.92 Å². The molecule has 19 heavy (non-hydrogen) atoms. The lowest BCUT2D eigenvalue weighted by atomic mass is 10.1. The number of halogens is 1. The zero-order valence-electron chi connectivity index (χ0n) is 9.98. The summed E-state index contributed by atoms with van der Waals surface area (Å²) >= 11 is 3.20. The highest BCUT2D eigenvalue weighted by atomic mass is 79.9. The Morgan fingerprint density at radius 2 is 2.26 bits per heavy atom. The van der Waals surface area contributed by atoms with E-state index in [1.165, 1.54) is 17.2 Å². The SMILES string of the molecule is NC(=O)[C@@H]1CCN(C(=O)Nc2cc(Br)c[nH]c2=O)C1. The molecule has 0 unspecified atom stereocenters. The zero-order chi connectivity index (χ0) is 14.0. The molecule has 0 saturated carbocycles. The Morgan fingerprint density at radius 1 is 1.53 bits per heavy atom. The normalized spacial score (nSPS) is 18.4. The monoisotopic (exact) mass is 328 g/mol. The number of primary amides is 1. The van der Waals surface area contributed by atoms with Gasteiger partial charge in [0.2, 0.25) is 5.91 Å². The van der Waals surface area contributed by atoms with Crippen LogP contribution in [0, 0.1) is 5.92 Å². The summed E-state index contributed by atoms with van der Waals surface area (Å²) in [4.78, 5) is 38.4. The first kappa shape index (κ1) is 13.6. The molecule has 3 amide bonds. The van der Waals surface area contributed by atoms with Gasteiger partial charge < -0.3 is 20.9 Å². The second-order valence-corrected chi connectivity index (χ2v) is 5.24. The highest BCUT2D eigenvalue weighted by Gasteiger charge is 2.29. The van der Waals surface area contributed by atoms with Crippen LogP contribution in [0.25, 0.3) is 0 Å². The number of carbonyl (C=O) groups excluding carboxylic acids is 2. The molecule has 0 radical (unpaired) electrons. The Labute approximate surface area is 117 Å². The largest absolute Gasteiger partial charge is 0.369 e. The van der Waals surface area contributed by atoms with Crippen LogP contribution in [0.3, 0.4) is 0 Å². The second kappa shape index (κ2) is 5.43. The van der Waals surface area contributed by atoms with Gasteiger partial charge in [0, 0.05) is 23.8 Å². The fraction of sp³-hybridized carbons (Fsp3) is 0.364. The number of nitrogens with one attached hydrogen (secondary N) is 2. The van der Waals surface area contributed by atoms with Gasteiger partial charge in [0.15, 0.2) is 0 Å². The molecule has 2 rings (SSSR count). The minimum atomic E-state index is -0.410. The standard InChI is InChI=1S/C11H13BrN4O3/c12-7-3-8(10(18)14-4-7)15-11(19)16-2-1-6(5-16)9(13)17/h3-4,6H,1-2,5H2,(H2,13,17)(H,14,18)(H,15,19)/t6-/m1/s1. The van der Waals surface area contributed by atoms with Crippen LogP contribution in [0.1, 0.15) is 6.42 Å². The molecule has 0 bridgehead atoms. The number of aromatic amines is 1. The maximum absolute atomic E-state index is 11.9. The van der Waals surface area contributed by atoms with Crippen LogP contribution in [0.15, 0.2) is 21.5 Å². The summed E-state index contributed by atoms with van der Waals surface area (Å²) in [5.41, 5.74) is 4.97. The summed E-state index contributed by atoms with van der Waals surface area (Å²) < 4.78 is 0.652. The van der Waals surface area contributed by atoms with Crippen LogP contribution in [0.4, 0.5) is 10.5 Å². The van der Waals surface area contributed by atoms with E-state index in [1.807, 2.05) is 0 Å². The summed E-state index contributed by atoms with van der Waals surface area (Å²) in [6.07, 6.45) is 2.04. The lowest BCUT2D eigenvalue weighted by molar-refractivity contribution is -0.121. The van der Waals surface area contributed by atoms with Crippen molar-refractivity contribution in [2.24, 2.45) is 11.7 Å². The molecule has 7 nitrogen and oxygen atoms in total. The Morgan fingerprint density at radius 3 is 2.89 bits per heavy atom. The van der Waals surface area contributed by atoms with Crippen molar-refractivity contribution >= 4 is 33.6 Å². The lowest BCUT2D eigenvalue weighted by Gasteiger charge is -2.16. The van der Waals surface area contributed by atoms with E-state index >= 15 is 0 Å². The molecule has 4 N–H and O–H groups in total. The third kappa shape index (κ3) is 3.14. The molecule has 8 heteroatoms. The molecule has 1 aromatic heterocycles. The maximum atomic E-state index is 11.9. The fourth-order valence-electron chi connectivity index (χ4n) is 1.92. The van der Waals surface area contributed by atoms with Crippen molar-refractivity contribution < 1.29 is 9.59 Å². The number of amides is 3. The Bertz CT molecular complexity index is 571. The molecule has 0 aromatic carbocycles. The predicted molar refractivity (Wildman–Crippen MR) is 72.7 cm³/mol. The topological polar surface area (TPSA) is 108 Å². The van der Waals surface area contributed by atoms with Gasteiger partial charge in [-0.05, 0) is 28.4 Å². The van der Waals surface area contributed by atoms with Crippen molar-refractivity contribution in [1.29, 1.82) is 0 Å². The van der Waals surface area contributed by atoms with E-state index in [9.17, 15) is 14.4 Å². The van der Waals surface area contributed by atoms with E-state index in [-0.39, 0.29) is 23.7 Å². The van der Waals surface area contributed by atoms with E-state index in [1.54, 1.807) is 0 Å². The molecule has 102 valence electrons. The van der Waals surface area contributed by atoms with Gasteiger partial charge in [-0.3, -0.25) is 9.59 Å². The average molecular weight is 329 g/mol. The number of carbonyl (C=O) groups is 2. The highest BCUT2D eigenvalue weighted by molar-refractivity contribution is 9.10. The molecule has 0 aliphatic carbocycles. The molecule has 1 aromatic rings. The van der Waals surface area contributed by atoms with E-state index in [0.29, 0.717) is 17.4 Å². The molecule has 0 spiro atoms. The zero-order valence-corrected chi connectivity index (χ0v) is 11.6. The van der Waals surface area contributed by atoms with E-state index in [0.717, 1.165) is 0 Å². The van der Waals surface area contributed by atoms with Crippen molar-refractivity contribution in [3.8, 4) is 0 Å². The molecule has 1 aliphatic rings. The molecular formula is C11H13BrN4O3. The molecule has 1 aliphatic heterocycles. The first-order valence-corrected chi connectivity index (χ1v) is 6.50. The summed E-state index contributed by atoms with van der Waals surface area (Å²) in [6, 6.07) is 1.10. The van der Waals surface area contributed by atoms with Gasteiger partial charge in [-0.1, -0.05) is 0 Å². The van der Waals surface area contributed by atoms with Crippen LogP contribution < -0.4 is 16.6 Å². The number of H-pyrrole nitrogens is 1. The molecular weight excluding hydrogens is 316 g/mol. The van der Waals surface area contributed by atoms with Gasteiger partial charge in [0.25, 0.3) is 5.56 Å². The summed E-state index contributed by atoms with van der Waals surface area (Å²) in [5, 5.41) is 2.51. The fourth-order valence-corrected chi connectivity index (χ4v) is 2.26. The van der Waals surface area contributed by atoms with Gasteiger partial charge in [-0.2, -0.15) is 0 Å². The van der Waals surface area contributed by atoms with Crippen LogP contribution in [0.5, 0.6) is 0 Å². The molecule has 1 saturated heterocycles. The number of urea groups is 1. The van der Waals surface area contributed by atoms with Gasteiger partial charge in [-0.15, -0.1) is 0 Å². The molecule has 1 atom stereocenters. The minimum Gasteiger partial charge on any atom is -0.369 e. The van der Waals surface area contributed by atoms with Gasteiger partial charge in [0.1, 0.15) is 5.69 Å². The van der Waals surface area contributed by atoms with Crippen LogP contribution in [0.2, 0.25) is 0 Å². The predicted octanol–water partition coefficient (Wildman–Crippen LogP) is 0.476. The van der Waals surface area contributed by atoms with E-state index in [2.05, 4.69) is 26.2 Å². The number of nitrogens with zero attached hydrogens (tertiary/aromatic N) is 1. The minimum absolute atomic E-state index is 0.155. The van der Waals surface area contributed by atoms with Gasteiger partial charge >= 0.3 is 6.03 Å². The number of aromatic nitrogens is 1. The number of hydrogen-bond donors (Lipinski definition) is 3. The lowest BCUT2D eigenvalue weighted by Crippen LogP contribution is -2.36. The van der Waals surface area contributed by atoms with Crippen LogP contribution in [-0.4, -0.2) is 34.9 Å². The first-order chi connectivity index (χ1) is 8.97. The maximum Gasteiger partial charge on any atom is 0.322 e. The number of hydrogen-bond acceptors (Lipinski definition) is 3. The third-order valence-electron chi connectivity index (χ3n) is 2.99. The van der Waals surface area contributed by atoms with E-state index < -0.39 is 11.9 Å². The molecule has 1 fully saturated rings. The number of rotatable bonds is 2. The van der Waals surface area contributed by atoms with Crippen LogP contribution in [-0.2, 0) is 4.79 Å².